The number of carbonyl (C=O) groups is 2. The summed E-state index contributed by atoms with van der Waals surface area (Å²) in [6.45, 7) is 1.53. The van der Waals surface area contributed by atoms with Crippen LogP contribution in [-0.2, 0) is 14.3 Å². The second kappa shape index (κ2) is 7.29. The summed E-state index contributed by atoms with van der Waals surface area (Å²) in [7, 11) is 0. The summed E-state index contributed by atoms with van der Waals surface area (Å²) in [5, 5.41) is 11.0. The molecule has 1 aliphatic carbocycles. The lowest BCUT2D eigenvalue weighted by atomic mass is 9.86. The van der Waals surface area contributed by atoms with Crippen LogP contribution in [0.5, 0.6) is 0 Å². The van der Waals surface area contributed by atoms with Crippen LogP contribution < -0.4 is 0 Å². The van der Waals surface area contributed by atoms with E-state index in [1.165, 1.54) is 32.3 Å². The molecular weight excluding hydrogens is 288 g/mol. The number of dihydropyridines is 1. The van der Waals surface area contributed by atoms with E-state index in [2.05, 4.69) is 4.99 Å². The van der Waals surface area contributed by atoms with Crippen molar-refractivity contribution in [3.05, 3.63) is 21.9 Å². The van der Waals surface area contributed by atoms with E-state index in [0.29, 0.717) is 11.6 Å². The van der Waals surface area contributed by atoms with Gasteiger partial charge in [0, 0.05) is 23.1 Å². The van der Waals surface area contributed by atoms with Crippen molar-refractivity contribution in [3.63, 3.8) is 0 Å². The van der Waals surface area contributed by atoms with Gasteiger partial charge in [0.1, 0.15) is 0 Å². The highest BCUT2D eigenvalue weighted by Crippen LogP contribution is 2.27. The van der Waals surface area contributed by atoms with E-state index >= 15 is 0 Å². The normalized spacial score (nSPS) is 22.8. The molecule has 1 amide bonds. The first-order valence-corrected chi connectivity index (χ1v) is 7.62. The van der Waals surface area contributed by atoms with Crippen LogP contribution in [0.15, 0.2) is 16.8 Å². The standard InChI is InChI=1S/C15H20N2O5/c1-10-9-12(14(17(20)21)15(19)16-10)22-13(18)8-7-11-5-3-2-4-6-11/h9,11,14H,2-8H2,1H3. The predicted molar refractivity (Wildman–Crippen MR) is 78.9 cm³/mol. The van der Waals surface area contributed by atoms with Gasteiger partial charge in [-0.3, -0.25) is 19.7 Å². The minimum absolute atomic E-state index is 0.219. The smallest absolute Gasteiger partial charge is 0.348 e. The lowest BCUT2D eigenvalue weighted by molar-refractivity contribution is -0.501. The number of nitrogens with zero attached hydrogens (tertiary/aromatic N) is 2. The second-order valence-electron chi connectivity index (χ2n) is 5.84. The molecule has 0 N–H and O–H groups in total. The average molecular weight is 308 g/mol. The highest BCUT2D eigenvalue weighted by molar-refractivity contribution is 6.06. The fraction of sp³-hybridized carbons (Fsp3) is 0.667. The van der Waals surface area contributed by atoms with Gasteiger partial charge in [-0.05, 0) is 19.3 Å². The molecule has 22 heavy (non-hydrogen) atoms. The summed E-state index contributed by atoms with van der Waals surface area (Å²) in [5.41, 5.74) is 0.304. The van der Waals surface area contributed by atoms with Gasteiger partial charge in [-0.2, -0.15) is 0 Å². The minimum atomic E-state index is -1.71. The molecule has 1 atom stereocenters. The number of hydrogen-bond acceptors (Lipinski definition) is 5. The van der Waals surface area contributed by atoms with E-state index < -0.39 is 22.8 Å². The first-order chi connectivity index (χ1) is 10.5. The first-order valence-electron chi connectivity index (χ1n) is 7.62. The lowest BCUT2D eigenvalue weighted by Crippen LogP contribution is -2.35. The largest absolute Gasteiger partial charge is 0.423 e. The molecule has 0 saturated heterocycles. The Balaban J connectivity index is 1.92. The Morgan fingerprint density at radius 3 is 2.73 bits per heavy atom. The summed E-state index contributed by atoms with van der Waals surface area (Å²) in [4.78, 5) is 37.2. The van der Waals surface area contributed by atoms with Crippen molar-refractivity contribution in [1.29, 1.82) is 0 Å². The van der Waals surface area contributed by atoms with Crippen LogP contribution in [0.4, 0.5) is 0 Å². The zero-order valence-electron chi connectivity index (χ0n) is 12.6. The molecule has 0 aromatic rings. The summed E-state index contributed by atoms with van der Waals surface area (Å²) in [6, 6.07) is -1.71. The highest BCUT2D eigenvalue weighted by atomic mass is 16.6. The number of rotatable bonds is 5. The second-order valence-corrected chi connectivity index (χ2v) is 5.84. The molecular formula is C15H20N2O5. The molecule has 2 rings (SSSR count). The zero-order chi connectivity index (χ0) is 16.1. The molecule has 7 nitrogen and oxygen atoms in total. The van der Waals surface area contributed by atoms with Crippen LogP contribution in [0.3, 0.4) is 0 Å². The summed E-state index contributed by atoms with van der Waals surface area (Å²) >= 11 is 0. The van der Waals surface area contributed by atoms with E-state index in [9.17, 15) is 19.7 Å². The summed E-state index contributed by atoms with van der Waals surface area (Å²) in [5.74, 6) is -1.12. The molecule has 120 valence electrons. The molecule has 0 aromatic carbocycles. The lowest BCUT2D eigenvalue weighted by Gasteiger charge is -2.21. The maximum atomic E-state index is 11.9. The molecule has 1 heterocycles. The van der Waals surface area contributed by atoms with Gasteiger partial charge in [0.2, 0.25) is 0 Å². The van der Waals surface area contributed by atoms with Gasteiger partial charge in [-0.15, -0.1) is 0 Å². The third-order valence-electron chi connectivity index (χ3n) is 4.07. The highest BCUT2D eigenvalue weighted by Gasteiger charge is 2.39. The number of carbonyl (C=O) groups excluding carboxylic acids is 2. The third kappa shape index (κ3) is 4.22. The Hall–Kier alpha value is -2.05. The van der Waals surface area contributed by atoms with Crippen molar-refractivity contribution in [2.75, 3.05) is 0 Å². The molecule has 1 aliphatic heterocycles. The number of esters is 1. The molecule has 1 saturated carbocycles. The van der Waals surface area contributed by atoms with E-state index in [1.807, 2.05) is 0 Å². The minimum Gasteiger partial charge on any atom is -0.423 e. The number of nitro groups is 1. The Labute approximate surface area is 128 Å². The van der Waals surface area contributed by atoms with E-state index in [4.69, 9.17) is 4.74 Å². The maximum absolute atomic E-state index is 11.9. The molecule has 7 heteroatoms. The van der Waals surface area contributed by atoms with Crippen LogP contribution in [0.25, 0.3) is 0 Å². The van der Waals surface area contributed by atoms with Gasteiger partial charge in [-0.1, -0.05) is 32.1 Å². The van der Waals surface area contributed by atoms with Crippen molar-refractivity contribution in [2.45, 2.75) is 57.9 Å². The van der Waals surface area contributed by atoms with Crippen molar-refractivity contribution in [1.82, 2.24) is 0 Å². The number of hydrogen-bond donors (Lipinski definition) is 0. The quantitative estimate of drug-likeness (QED) is 0.441. The van der Waals surface area contributed by atoms with Gasteiger partial charge < -0.3 is 4.74 Å². The number of amides is 1. The van der Waals surface area contributed by atoms with Crippen molar-refractivity contribution in [2.24, 2.45) is 10.9 Å². The maximum Gasteiger partial charge on any atom is 0.348 e. The zero-order valence-corrected chi connectivity index (χ0v) is 12.6. The van der Waals surface area contributed by atoms with Crippen LogP contribution >= 0.6 is 0 Å². The Bertz CT molecular complexity index is 532. The van der Waals surface area contributed by atoms with Gasteiger partial charge >= 0.3 is 17.9 Å². The number of aliphatic imine (C=N–C) groups is 1. The van der Waals surface area contributed by atoms with Gasteiger partial charge in [0.25, 0.3) is 0 Å². The first kappa shape index (κ1) is 16.3. The summed E-state index contributed by atoms with van der Waals surface area (Å²) in [6.07, 6.45) is 8.12. The molecule has 2 aliphatic rings. The predicted octanol–water partition coefficient (Wildman–Crippen LogP) is 2.42. The fourth-order valence-electron chi connectivity index (χ4n) is 2.93. The van der Waals surface area contributed by atoms with Crippen molar-refractivity contribution >= 4 is 17.6 Å². The molecule has 0 bridgehead atoms. The van der Waals surface area contributed by atoms with Crippen LogP contribution in [0.2, 0.25) is 0 Å². The number of ether oxygens (including phenoxy) is 1. The van der Waals surface area contributed by atoms with Gasteiger partial charge in [-0.25, -0.2) is 4.99 Å². The van der Waals surface area contributed by atoms with Gasteiger partial charge in [0.05, 0.1) is 0 Å². The third-order valence-corrected chi connectivity index (χ3v) is 4.07. The summed E-state index contributed by atoms with van der Waals surface area (Å²) < 4.78 is 5.08. The van der Waals surface area contributed by atoms with E-state index in [0.717, 1.165) is 19.3 Å². The Morgan fingerprint density at radius 2 is 2.09 bits per heavy atom. The van der Waals surface area contributed by atoms with Crippen molar-refractivity contribution < 1.29 is 19.2 Å². The molecule has 0 aromatic heterocycles. The van der Waals surface area contributed by atoms with Crippen LogP contribution in [0, 0.1) is 16.0 Å². The average Bonchev–Trinajstić information content (AvgIpc) is 2.45. The molecule has 0 spiro atoms. The molecule has 1 unspecified atom stereocenters. The molecule has 0 radical (unpaired) electrons. The monoisotopic (exact) mass is 308 g/mol. The van der Waals surface area contributed by atoms with Crippen LogP contribution in [0.1, 0.15) is 51.9 Å². The SMILES string of the molecule is CC1=NC(=O)C([N+](=O)[O-])C(OC(=O)CCC2CCCCC2)=C1. The topological polar surface area (TPSA) is 98.9 Å². The number of allylic oxidation sites excluding steroid dienone is 1. The van der Waals surface area contributed by atoms with E-state index in [1.54, 1.807) is 0 Å². The Kier molecular flexibility index (Phi) is 5.41. The van der Waals surface area contributed by atoms with Crippen molar-refractivity contribution in [3.8, 4) is 0 Å². The molecule has 1 fully saturated rings. The van der Waals surface area contributed by atoms with Gasteiger partial charge in [0.15, 0.2) is 5.76 Å². The van der Waals surface area contributed by atoms with E-state index in [-0.39, 0.29) is 12.2 Å². The van der Waals surface area contributed by atoms with Crippen LogP contribution in [-0.4, -0.2) is 28.6 Å². The fourth-order valence-corrected chi connectivity index (χ4v) is 2.93. The Morgan fingerprint density at radius 1 is 1.41 bits per heavy atom.